The molecule has 11 heteroatoms. The first-order valence-electron chi connectivity index (χ1n) is 12.0. The first-order valence-corrected chi connectivity index (χ1v) is 12.4. The van der Waals surface area contributed by atoms with Gasteiger partial charge in [-0.25, -0.2) is 9.37 Å². The van der Waals surface area contributed by atoms with Crippen LogP contribution in [-0.4, -0.2) is 57.0 Å². The summed E-state index contributed by atoms with van der Waals surface area (Å²) in [6.45, 7) is 5.02. The summed E-state index contributed by atoms with van der Waals surface area (Å²) in [7, 11) is 0. The number of hydrogen-bond acceptors (Lipinski definition) is 7. The van der Waals surface area contributed by atoms with Crippen molar-refractivity contribution >= 4 is 52.5 Å². The van der Waals surface area contributed by atoms with E-state index in [4.69, 9.17) is 11.6 Å². The number of anilines is 3. The molecule has 0 radical (unpaired) electrons. The van der Waals surface area contributed by atoms with Crippen LogP contribution in [0.1, 0.15) is 38.2 Å². The van der Waals surface area contributed by atoms with Gasteiger partial charge in [0.1, 0.15) is 17.5 Å². The fraction of sp³-hybridized carbons (Fsp3) is 0.360. The zero-order chi connectivity index (χ0) is 25.2. The van der Waals surface area contributed by atoms with Crippen LogP contribution in [0.3, 0.4) is 0 Å². The average Bonchev–Trinajstić information content (AvgIpc) is 3.42. The molecule has 1 atom stereocenters. The fourth-order valence-electron chi connectivity index (χ4n) is 4.55. The second kappa shape index (κ2) is 10.2. The van der Waals surface area contributed by atoms with Crippen LogP contribution in [0.2, 0.25) is 5.02 Å². The van der Waals surface area contributed by atoms with E-state index in [-0.39, 0.29) is 18.0 Å². The molecule has 2 aliphatic rings. The van der Waals surface area contributed by atoms with Crippen LogP contribution in [0.5, 0.6) is 0 Å². The molecule has 2 fully saturated rings. The Morgan fingerprint density at radius 2 is 2.03 bits per heavy atom. The Labute approximate surface area is 212 Å². The van der Waals surface area contributed by atoms with Crippen LogP contribution >= 0.6 is 11.6 Å². The molecule has 2 aromatic heterocycles. The number of carbonyl (C=O) groups excluding carboxylic acids is 2. The molecule has 2 amide bonds. The highest BCUT2D eigenvalue weighted by Crippen LogP contribution is 2.27. The summed E-state index contributed by atoms with van der Waals surface area (Å²) >= 11 is 6.06. The highest BCUT2D eigenvalue weighted by atomic mass is 35.5. The van der Waals surface area contributed by atoms with E-state index in [9.17, 15) is 14.0 Å². The van der Waals surface area contributed by atoms with Gasteiger partial charge < -0.3 is 10.6 Å². The number of aromatic nitrogens is 3. The van der Waals surface area contributed by atoms with Gasteiger partial charge in [0.05, 0.1) is 18.3 Å². The van der Waals surface area contributed by atoms with E-state index in [1.54, 1.807) is 22.9 Å². The molecule has 2 saturated heterocycles. The first-order chi connectivity index (χ1) is 17.4. The molecule has 4 heterocycles. The van der Waals surface area contributed by atoms with E-state index in [0.717, 1.165) is 13.1 Å². The van der Waals surface area contributed by atoms with E-state index in [2.05, 4.69) is 37.9 Å². The maximum absolute atomic E-state index is 14.4. The molecule has 0 bridgehead atoms. The van der Waals surface area contributed by atoms with Gasteiger partial charge in [0, 0.05) is 34.8 Å². The molecule has 36 heavy (non-hydrogen) atoms. The summed E-state index contributed by atoms with van der Waals surface area (Å²) in [5.74, 6) is -0.201. The van der Waals surface area contributed by atoms with Gasteiger partial charge in [-0.05, 0) is 57.1 Å². The van der Waals surface area contributed by atoms with Crippen LogP contribution in [0.25, 0.3) is 11.7 Å². The normalized spacial score (nSPS) is 18.6. The minimum atomic E-state index is -0.466. The van der Waals surface area contributed by atoms with E-state index < -0.39 is 11.7 Å². The monoisotopic (exact) mass is 511 g/mol. The van der Waals surface area contributed by atoms with Crippen molar-refractivity contribution in [3.8, 4) is 0 Å². The third-order valence-electron chi connectivity index (χ3n) is 6.51. The summed E-state index contributed by atoms with van der Waals surface area (Å²) in [6.07, 6.45) is 6.88. The summed E-state index contributed by atoms with van der Waals surface area (Å²) in [5, 5.41) is 13.6. The number of piperidine rings is 1. The largest absolute Gasteiger partial charge is 0.368 e. The van der Waals surface area contributed by atoms with Crippen LogP contribution in [0.15, 0.2) is 36.0 Å². The number of nitrogens with one attached hydrogen (secondary N) is 3. The number of fused-ring (bicyclic) bond motifs is 1. The SMILES string of the molecule is CC(CNc1cc(Nc2cc(Cl)ccc2F)nc2c(/C=C3\CC(=O)NC3=O)cnn12)N1CCCCC1. The molecular weight excluding hydrogens is 485 g/mol. The summed E-state index contributed by atoms with van der Waals surface area (Å²) < 4.78 is 16.1. The smallest absolute Gasteiger partial charge is 0.254 e. The molecule has 0 aliphatic carbocycles. The van der Waals surface area contributed by atoms with Crippen LogP contribution < -0.4 is 16.0 Å². The molecular formula is C25H27ClFN7O2. The molecule has 0 spiro atoms. The molecule has 3 N–H and O–H groups in total. The van der Waals surface area contributed by atoms with Gasteiger partial charge in [0.2, 0.25) is 5.91 Å². The lowest BCUT2D eigenvalue weighted by Gasteiger charge is -2.32. The number of carbonyl (C=O) groups is 2. The molecule has 3 aromatic rings. The Kier molecular flexibility index (Phi) is 6.88. The molecule has 0 saturated carbocycles. The lowest BCUT2D eigenvalue weighted by atomic mass is 10.1. The Balaban J connectivity index is 1.49. The van der Waals surface area contributed by atoms with Gasteiger partial charge in [0.15, 0.2) is 5.65 Å². The van der Waals surface area contributed by atoms with Crippen molar-refractivity contribution in [2.45, 2.75) is 38.6 Å². The summed E-state index contributed by atoms with van der Waals surface area (Å²) in [4.78, 5) is 30.8. The molecule has 5 rings (SSSR count). The third kappa shape index (κ3) is 5.19. The second-order valence-corrected chi connectivity index (χ2v) is 9.60. The predicted octanol–water partition coefficient (Wildman–Crippen LogP) is 3.98. The number of rotatable bonds is 7. The van der Waals surface area contributed by atoms with Crippen LogP contribution in [-0.2, 0) is 9.59 Å². The van der Waals surface area contributed by atoms with E-state index >= 15 is 0 Å². The Bertz CT molecular complexity index is 1350. The minimum Gasteiger partial charge on any atom is -0.368 e. The molecule has 9 nitrogen and oxygen atoms in total. The first kappa shape index (κ1) is 24.2. The highest BCUT2D eigenvalue weighted by molar-refractivity contribution is 6.30. The zero-order valence-electron chi connectivity index (χ0n) is 19.9. The topological polar surface area (TPSA) is 104 Å². The summed E-state index contributed by atoms with van der Waals surface area (Å²) in [5.41, 5.74) is 1.55. The van der Waals surface area contributed by atoms with Gasteiger partial charge in [-0.2, -0.15) is 9.61 Å². The number of imide groups is 1. The van der Waals surface area contributed by atoms with Gasteiger partial charge in [-0.3, -0.25) is 19.8 Å². The lowest BCUT2D eigenvalue weighted by molar-refractivity contribution is -0.124. The number of hydrogen-bond donors (Lipinski definition) is 3. The number of halogens is 2. The second-order valence-electron chi connectivity index (χ2n) is 9.16. The number of likely N-dealkylation sites (tertiary alicyclic amines) is 1. The predicted molar refractivity (Wildman–Crippen MR) is 137 cm³/mol. The Hall–Kier alpha value is -3.50. The van der Waals surface area contributed by atoms with Gasteiger partial charge in [0.25, 0.3) is 5.91 Å². The van der Waals surface area contributed by atoms with Gasteiger partial charge in [-0.1, -0.05) is 18.0 Å². The number of benzene rings is 1. The Morgan fingerprint density at radius 3 is 2.78 bits per heavy atom. The van der Waals surface area contributed by atoms with E-state index in [1.165, 1.54) is 37.5 Å². The van der Waals surface area contributed by atoms with Gasteiger partial charge in [-0.15, -0.1) is 0 Å². The number of amides is 2. The average molecular weight is 512 g/mol. The maximum Gasteiger partial charge on any atom is 0.254 e. The summed E-state index contributed by atoms with van der Waals surface area (Å²) in [6, 6.07) is 6.31. The molecule has 1 unspecified atom stereocenters. The molecule has 1 aromatic carbocycles. The fourth-order valence-corrected chi connectivity index (χ4v) is 4.72. The lowest BCUT2D eigenvalue weighted by Crippen LogP contribution is -2.41. The van der Waals surface area contributed by atoms with E-state index in [1.807, 2.05) is 0 Å². The standard InChI is InChI=1S/C25H27ClFN7O2/c1-15(33-7-3-2-4-8-33)13-28-22-12-21(30-20-11-18(26)5-6-19(20)27)31-24-17(14-29-34(22)24)9-16-10-23(35)32-25(16)36/h5-6,9,11-12,14-15,28H,2-4,7-8,10,13H2,1H3,(H,30,31)(H,32,35,36)/b16-9+. The van der Waals surface area contributed by atoms with Crippen molar-refractivity contribution in [3.63, 3.8) is 0 Å². The van der Waals surface area contributed by atoms with Crippen molar-refractivity contribution < 1.29 is 14.0 Å². The van der Waals surface area contributed by atoms with Crippen LogP contribution in [0.4, 0.5) is 21.7 Å². The van der Waals surface area contributed by atoms with E-state index in [0.29, 0.717) is 46.0 Å². The van der Waals surface area contributed by atoms with Gasteiger partial charge >= 0.3 is 0 Å². The molecule has 188 valence electrons. The zero-order valence-corrected chi connectivity index (χ0v) is 20.6. The third-order valence-corrected chi connectivity index (χ3v) is 6.74. The quantitative estimate of drug-likeness (QED) is 0.325. The van der Waals surface area contributed by atoms with Crippen LogP contribution in [0, 0.1) is 5.82 Å². The van der Waals surface area contributed by atoms with Crippen molar-refractivity contribution in [1.29, 1.82) is 0 Å². The van der Waals surface area contributed by atoms with Crippen molar-refractivity contribution in [3.05, 3.63) is 52.4 Å². The van der Waals surface area contributed by atoms with Crippen molar-refractivity contribution in [2.24, 2.45) is 0 Å². The Morgan fingerprint density at radius 1 is 1.22 bits per heavy atom. The van der Waals surface area contributed by atoms with Crippen molar-refractivity contribution in [2.75, 3.05) is 30.3 Å². The highest BCUT2D eigenvalue weighted by Gasteiger charge is 2.25. The maximum atomic E-state index is 14.4. The number of nitrogens with zero attached hydrogens (tertiary/aromatic N) is 4. The minimum absolute atomic E-state index is 0.000294. The molecule has 2 aliphatic heterocycles. The van der Waals surface area contributed by atoms with Crippen molar-refractivity contribution in [1.82, 2.24) is 24.8 Å².